The molecule has 0 atom stereocenters. The van der Waals surface area contributed by atoms with Crippen LogP contribution < -0.4 is 10.1 Å². The van der Waals surface area contributed by atoms with Crippen LogP contribution >= 0.6 is 43.5 Å². The van der Waals surface area contributed by atoms with Crippen LogP contribution in [-0.4, -0.2) is 11.0 Å². The minimum atomic E-state index is 0.551. The summed E-state index contributed by atoms with van der Waals surface area (Å²) in [6, 6.07) is 8.17. The lowest BCUT2D eigenvalue weighted by Gasteiger charge is -2.12. The van der Waals surface area contributed by atoms with Crippen molar-refractivity contribution in [2.45, 2.75) is 25.4 Å². The van der Waals surface area contributed by atoms with Gasteiger partial charge in [-0.15, -0.1) is 0 Å². The molecule has 2 aromatic rings. The molecule has 0 radical (unpaired) electrons. The van der Waals surface area contributed by atoms with Gasteiger partial charge in [-0.2, -0.15) is 0 Å². The van der Waals surface area contributed by atoms with E-state index in [1.807, 2.05) is 18.2 Å². The van der Waals surface area contributed by atoms with Crippen LogP contribution in [0.3, 0.4) is 0 Å². The average molecular weight is 433 g/mol. The summed E-state index contributed by atoms with van der Waals surface area (Å²) in [5.41, 5.74) is 1.01. The highest BCUT2D eigenvalue weighted by Crippen LogP contribution is 2.33. The molecule has 3 nitrogen and oxygen atoms in total. The zero-order chi connectivity index (χ0) is 14.8. The third-order valence-corrected chi connectivity index (χ3v) is 4.37. The number of aromatic nitrogens is 1. The summed E-state index contributed by atoms with van der Waals surface area (Å²) in [6.45, 7) is 0.737. The average Bonchev–Trinajstić information content (AvgIpc) is 3.26. The zero-order valence-corrected chi connectivity index (χ0v) is 15.0. The summed E-state index contributed by atoms with van der Waals surface area (Å²) >= 11 is 13.0. The number of benzene rings is 1. The van der Waals surface area contributed by atoms with Gasteiger partial charge in [-0.3, -0.25) is 0 Å². The lowest BCUT2D eigenvalue weighted by Crippen LogP contribution is -2.16. The van der Waals surface area contributed by atoms with Gasteiger partial charge in [-0.1, -0.05) is 27.5 Å². The van der Waals surface area contributed by atoms with Crippen molar-refractivity contribution >= 4 is 43.5 Å². The molecule has 1 heterocycles. The Balaban J connectivity index is 1.82. The van der Waals surface area contributed by atoms with E-state index < -0.39 is 0 Å². The van der Waals surface area contributed by atoms with Crippen LogP contribution in [0.15, 0.2) is 39.4 Å². The van der Waals surface area contributed by atoms with Crippen molar-refractivity contribution < 1.29 is 4.74 Å². The molecule has 0 spiro atoms. The van der Waals surface area contributed by atoms with Crippen LogP contribution in [0.1, 0.15) is 18.4 Å². The Kier molecular flexibility index (Phi) is 4.84. The van der Waals surface area contributed by atoms with E-state index in [4.69, 9.17) is 16.3 Å². The second kappa shape index (κ2) is 6.65. The van der Waals surface area contributed by atoms with E-state index in [-0.39, 0.29) is 0 Å². The van der Waals surface area contributed by atoms with Gasteiger partial charge in [0.1, 0.15) is 5.75 Å². The Morgan fingerprint density at radius 1 is 1.24 bits per heavy atom. The van der Waals surface area contributed by atoms with Gasteiger partial charge in [-0.25, -0.2) is 4.98 Å². The highest BCUT2D eigenvalue weighted by atomic mass is 79.9. The molecule has 1 aromatic carbocycles. The maximum absolute atomic E-state index is 6.19. The molecule has 1 aromatic heterocycles. The van der Waals surface area contributed by atoms with Gasteiger partial charge in [0, 0.05) is 33.3 Å². The number of pyridine rings is 1. The topological polar surface area (TPSA) is 34.1 Å². The molecule has 110 valence electrons. The molecule has 1 fully saturated rings. The molecule has 6 heteroatoms. The van der Waals surface area contributed by atoms with Crippen LogP contribution in [-0.2, 0) is 6.54 Å². The van der Waals surface area contributed by atoms with E-state index in [0.29, 0.717) is 22.7 Å². The molecule has 1 aliphatic carbocycles. The fourth-order valence-corrected chi connectivity index (χ4v) is 2.98. The summed E-state index contributed by atoms with van der Waals surface area (Å²) < 4.78 is 7.73. The zero-order valence-electron chi connectivity index (χ0n) is 11.1. The van der Waals surface area contributed by atoms with Crippen LogP contribution in [0.5, 0.6) is 11.6 Å². The lowest BCUT2D eigenvalue weighted by atomic mass is 10.2. The Labute approximate surface area is 145 Å². The molecule has 0 saturated heterocycles. The second-order valence-corrected chi connectivity index (χ2v) is 7.19. The minimum absolute atomic E-state index is 0.551. The van der Waals surface area contributed by atoms with Crippen molar-refractivity contribution in [3.05, 3.63) is 50.0 Å². The fraction of sp³-hybridized carbons (Fsp3) is 0.267. The number of halogens is 3. The Bertz CT molecular complexity index is 662. The summed E-state index contributed by atoms with van der Waals surface area (Å²) in [5, 5.41) is 4.02. The van der Waals surface area contributed by atoms with Crippen LogP contribution in [0, 0.1) is 0 Å². The molecular formula is C15H13Br2ClN2O. The summed E-state index contributed by atoms with van der Waals surface area (Å²) in [5.74, 6) is 1.18. The first-order valence-corrected chi connectivity index (χ1v) is 8.59. The molecule has 1 saturated carbocycles. The predicted octanol–water partition coefficient (Wildman–Crippen LogP) is 5.30. The monoisotopic (exact) mass is 430 g/mol. The van der Waals surface area contributed by atoms with Crippen molar-refractivity contribution in [3.8, 4) is 11.6 Å². The van der Waals surface area contributed by atoms with E-state index >= 15 is 0 Å². The first-order chi connectivity index (χ1) is 10.1. The molecule has 21 heavy (non-hydrogen) atoms. The molecule has 0 aliphatic heterocycles. The quantitative estimate of drug-likeness (QED) is 0.696. The molecule has 0 bridgehead atoms. The van der Waals surface area contributed by atoms with Gasteiger partial charge in [0.25, 0.3) is 0 Å². The smallest absolute Gasteiger partial charge is 0.223 e. The summed E-state index contributed by atoms with van der Waals surface area (Å²) in [6.07, 6.45) is 4.22. The van der Waals surface area contributed by atoms with E-state index in [9.17, 15) is 0 Å². The highest BCUT2D eigenvalue weighted by Gasteiger charge is 2.21. The van der Waals surface area contributed by atoms with Crippen LogP contribution in [0.4, 0.5) is 0 Å². The van der Waals surface area contributed by atoms with E-state index in [0.717, 1.165) is 21.1 Å². The first kappa shape index (κ1) is 15.3. The second-order valence-electron chi connectivity index (χ2n) is 4.95. The maximum atomic E-state index is 6.19. The number of nitrogens with zero attached hydrogens (tertiary/aromatic N) is 1. The number of nitrogens with one attached hydrogen (secondary N) is 1. The third-order valence-electron chi connectivity index (χ3n) is 3.15. The van der Waals surface area contributed by atoms with E-state index in [1.54, 1.807) is 12.3 Å². The highest BCUT2D eigenvalue weighted by molar-refractivity contribution is 9.10. The van der Waals surface area contributed by atoms with E-state index in [1.165, 1.54) is 12.8 Å². The van der Waals surface area contributed by atoms with Gasteiger partial charge >= 0.3 is 0 Å². The van der Waals surface area contributed by atoms with E-state index in [2.05, 4.69) is 42.2 Å². The maximum Gasteiger partial charge on any atom is 0.223 e. The van der Waals surface area contributed by atoms with Crippen molar-refractivity contribution in [1.29, 1.82) is 0 Å². The van der Waals surface area contributed by atoms with Gasteiger partial charge in [0.2, 0.25) is 5.88 Å². The van der Waals surface area contributed by atoms with Crippen LogP contribution in [0.25, 0.3) is 0 Å². The van der Waals surface area contributed by atoms with Gasteiger partial charge in [0.05, 0.1) is 5.02 Å². The SMILES string of the molecule is Clc1cc(Br)ccc1Oc1ncc(Br)cc1CNC1CC1. The first-order valence-electron chi connectivity index (χ1n) is 6.62. The third kappa shape index (κ3) is 4.19. The normalized spacial score (nSPS) is 14.2. The molecule has 1 N–H and O–H groups in total. The fourth-order valence-electron chi connectivity index (χ4n) is 1.89. The van der Waals surface area contributed by atoms with Crippen molar-refractivity contribution in [2.24, 2.45) is 0 Å². The molecule has 0 amide bonds. The van der Waals surface area contributed by atoms with Gasteiger partial charge in [0.15, 0.2) is 0 Å². The summed E-state index contributed by atoms with van der Waals surface area (Å²) in [7, 11) is 0. The predicted molar refractivity (Wildman–Crippen MR) is 91.0 cm³/mol. The molecular weight excluding hydrogens is 419 g/mol. The summed E-state index contributed by atoms with van der Waals surface area (Å²) in [4.78, 5) is 4.36. The Hall–Kier alpha value is -0.620. The lowest BCUT2D eigenvalue weighted by molar-refractivity contribution is 0.452. The standard InChI is InChI=1S/C15H13Br2ClN2O/c16-10-1-4-14(13(18)6-10)21-15-9(5-11(17)8-20-15)7-19-12-2-3-12/h1,4-6,8,12,19H,2-3,7H2. The van der Waals surface area contributed by atoms with Gasteiger partial charge < -0.3 is 10.1 Å². The minimum Gasteiger partial charge on any atom is -0.437 e. The van der Waals surface area contributed by atoms with Crippen molar-refractivity contribution in [2.75, 3.05) is 0 Å². The van der Waals surface area contributed by atoms with Crippen molar-refractivity contribution in [3.63, 3.8) is 0 Å². The number of hydrogen-bond acceptors (Lipinski definition) is 3. The number of ether oxygens (including phenoxy) is 1. The number of hydrogen-bond donors (Lipinski definition) is 1. The van der Waals surface area contributed by atoms with Crippen LogP contribution in [0.2, 0.25) is 5.02 Å². The molecule has 3 rings (SSSR count). The molecule has 1 aliphatic rings. The largest absolute Gasteiger partial charge is 0.437 e. The van der Waals surface area contributed by atoms with Crippen molar-refractivity contribution in [1.82, 2.24) is 10.3 Å². The van der Waals surface area contributed by atoms with Gasteiger partial charge in [-0.05, 0) is 53.0 Å². The molecule has 0 unspecified atom stereocenters. The Morgan fingerprint density at radius 3 is 2.76 bits per heavy atom. The Morgan fingerprint density at radius 2 is 2.05 bits per heavy atom. The number of rotatable bonds is 5.